The lowest BCUT2D eigenvalue weighted by Crippen LogP contribution is -2.18. The molecule has 0 aliphatic heterocycles. The number of aromatic nitrogens is 2. The van der Waals surface area contributed by atoms with Gasteiger partial charge in [-0.15, -0.1) is 0 Å². The van der Waals surface area contributed by atoms with Gasteiger partial charge in [-0.05, 0) is 24.1 Å². The van der Waals surface area contributed by atoms with Crippen LogP contribution in [-0.4, -0.2) is 9.78 Å². The van der Waals surface area contributed by atoms with Crippen molar-refractivity contribution in [1.82, 2.24) is 9.78 Å². The average molecular weight is 302 g/mol. The summed E-state index contributed by atoms with van der Waals surface area (Å²) in [6, 6.07) is 3.93. The first-order valence-corrected chi connectivity index (χ1v) is 6.72. The van der Waals surface area contributed by atoms with Crippen molar-refractivity contribution in [2.75, 3.05) is 0 Å². The van der Waals surface area contributed by atoms with Crippen molar-refractivity contribution in [3.05, 3.63) is 51.5 Å². The van der Waals surface area contributed by atoms with Gasteiger partial charge in [0, 0.05) is 6.54 Å². The lowest BCUT2D eigenvalue weighted by molar-refractivity contribution is 0.559. The van der Waals surface area contributed by atoms with E-state index in [-0.39, 0.29) is 5.02 Å². The number of benzene rings is 1. The summed E-state index contributed by atoms with van der Waals surface area (Å²) < 4.78 is 14.9. The highest BCUT2D eigenvalue weighted by molar-refractivity contribution is 6.31. The van der Waals surface area contributed by atoms with Crippen molar-refractivity contribution in [2.45, 2.75) is 25.9 Å². The number of nitrogens with zero attached hydrogens (tertiary/aromatic N) is 2. The number of halogens is 3. The van der Waals surface area contributed by atoms with Crippen LogP contribution in [-0.2, 0) is 6.54 Å². The average Bonchev–Trinajstić information content (AvgIpc) is 2.74. The van der Waals surface area contributed by atoms with Crippen LogP contribution in [0, 0.1) is 5.82 Å². The minimum absolute atomic E-state index is 0.0469. The molecular formula is C13H14Cl2FN3. The van der Waals surface area contributed by atoms with Crippen LogP contribution in [0.25, 0.3) is 0 Å². The summed E-state index contributed by atoms with van der Waals surface area (Å²) in [5.74, 6) is -0.467. The minimum Gasteiger partial charge on any atom is -0.319 e. The van der Waals surface area contributed by atoms with Gasteiger partial charge in [-0.25, -0.2) is 4.39 Å². The molecule has 0 amide bonds. The van der Waals surface area contributed by atoms with Gasteiger partial charge in [0.2, 0.25) is 0 Å². The van der Waals surface area contributed by atoms with Gasteiger partial charge in [0.05, 0.1) is 28.0 Å². The van der Waals surface area contributed by atoms with E-state index < -0.39 is 11.9 Å². The summed E-state index contributed by atoms with van der Waals surface area (Å²) in [5, 5.41) is 4.74. The Morgan fingerprint density at radius 3 is 2.74 bits per heavy atom. The molecule has 1 aromatic carbocycles. The predicted molar refractivity (Wildman–Crippen MR) is 75.0 cm³/mol. The fraction of sp³-hybridized carbons (Fsp3) is 0.308. The van der Waals surface area contributed by atoms with E-state index >= 15 is 0 Å². The fourth-order valence-corrected chi connectivity index (χ4v) is 2.38. The number of hydrogen-bond acceptors (Lipinski definition) is 2. The topological polar surface area (TPSA) is 43.8 Å². The molecule has 2 aromatic rings. The van der Waals surface area contributed by atoms with E-state index in [0.717, 1.165) is 13.0 Å². The van der Waals surface area contributed by atoms with Crippen LogP contribution < -0.4 is 5.73 Å². The van der Waals surface area contributed by atoms with E-state index in [9.17, 15) is 4.39 Å². The molecule has 0 saturated carbocycles. The van der Waals surface area contributed by atoms with Crippen molar-refractivity contribution < 1.29 is 4.39 Å². The summed E-state index contributed by atoms with van der Waals surface area (Å²) in [4.78, 5) is 0. The van der Waals surface area contributed by atoms with Crippen molar-refractivity contribution >= 4 is 23.2 Å². The zero-order valence-electron chi connectivity index (χ0n) is 10.4. The van der Waals surface area contributed by atoms with Crippen LogP contribution >= 0.6 is 23.2 Å². The van der Waals surface area contributed by atoms with Crippen molar-refractivity contribution in [3.63, 3.8) is 0 Å². The second-order valence-corrected chi connectivity index (χ2v) is 5.07. The van der Waals surface area contributed by atoms with Crippen LogP contribution in [0.4, 0.5) is 4.39 Å². The zero-order valence-corrected chi connectivity index (χ0v) is 11.9. The minimum atomic E-state index is -0.486. The van der Waals surface area contributed by atoms with Gasteiger partial charge >= 0.3 is 0 Å². The summed E-state index contributed by atoms with van der Waals surface area (Å²) in [6.45, 7) is 2.77. The molecular weight excluding hydrogens is 288 g/mol. The van der Waals surface area contributed by atoms with Gasteiger partial charge in [0.25, 0.3) is 0 Å². The molecule has 19 heavy (non-hydrogen) atoms. The molecule has 3 nitrogen and oxygen atoms in total. The number of hydrogen-bond donors (Lipinski definition) is 1. The summed E-state index contributed by atoms with van der Waals surface area (Å²) >= 11 is 11.9. The third-order valence-electron chi connectivity index (χ3n) is 2.87. The third-order valence-corrected chi connectivity index (χ3v) is 3.45. The molecule has 102 valence electrons. The Bertz CT molecular complexity index is 583. The molecule has 0 fully saturated rings. The van der Waals surface area contributed by atoms with Gasteiger partial charge in [-0.3, -0.25) is 4.68 Å². The number of nitrogens with two attached hydrogens (primary N) is 1. The summed E-state index contributed by atoms with van der Waals surface area (Å²) in [7, 11) is 0. The van der Waals surface area contributed by atoms with Gasteiger partial charge in [-0.1, -0.05) is 36.2 Å². The Morgan fingerprint density at radius 1 is 1.37 bits per heavy atom. The molecule has 6 heteroatoms. The second-order valence-electron chi connectivity index (χ2n) is 4.25. The summed E-state index contributed by atoms with van der Waals surface area (Å²) in [5.41, 5.74) is 7.60. The molecule has 1 heterocycles. The predicted octanol–water partition coefficient (Wildman–Crippen LogP) is 3.79. The van der Waals surface area contributed by atoms with Gasteiger partial charge < -0.3 is 5.73 Å². The Labute approximate surface area is 121 Å². The Kier molecular flexibility index (Phi) is 4.45. The molecule has 1 aromatic heterocycles. The SMILES string of the molecule is CCCn1ncc(Cl)c1C(N)c1ccc(F)c(Cl)c1. The van der Waals surface area contributed by atoms with Crippen LogP contribution in [0.1, 0.15) is 30.6 Å². The lowest BCUT2D eigenvalue weighted by Gasteiger charge is -2.15. The largest absolute Gasteiger partial charge is 0.319 e. The number of aryl methyl sites for hydroxylation is 1. The molecule has 0 radical (unpaired) electrons. The van der Waals surface area contributed by atoms with Crippen LogP contribution in [0.5, 0.6) is 0 Å². The first-order chi connectivity index (χ1) is 9.04. The van der Waals surface area contributed by atoms with Gasteiger partial charge in [0.1, 0.15) is 5.82 Å². The van der Waals surface area contributed by atoms with Crippen molar-refractivity contribution in [3.8, 4) is 0 Å². The highest BCUT2D eigenvalue weighted by Gasteiger charge is 2.19. The van der Waals surface area contributed by atoms with E-state index in [1.54, 1.807) is 16.9 Å². The standard InChI is InChI=1S/C13H14Cl2FN3/c1-2-5-19-13(10(15)7-18-19)12(17)8-3-4-11(16)9(14)6-8/h3-4,6-7,12H,2,5,17H2,1H3. The van der Waals surface area contributed by atoms with Crippen LogP contribution in [0.15, 0.2) is 24.4 Å². The van der Waals surface area contributed by atoms with Gasteiger partial charge in [-0.2, -0.15) is 5.10 Å². The summed E-state index contributed by atoms with van der Waals surface area (Å²) in [6.07, 6.45) is 2.49. The fourth-order valence-electron chi connectivity index (χ4n) is 1.93. The van der Waals surface area contributed by atoms with Crippen LogP contribution in [0.3, 0.4) is 0 Å². The first kappa shape index (κ1) is 14.3. The van der Waals surface area contributed by atoms with Crippen molar-refractivity contribution in [1.29, 1.82) is 0 Å². The molecule has 2 N–H and O–H groups in total. The molecule has 0 aliphatic rings. The van der Waals surface area contributed by atoms with Crippen molar-refractivity contribution in [2.24, 2.45) is 5.73 Å². The highest BCUT2D eigenvalue weighted by Crippen LogP contribution is 2.28. The Hall–Kier alpha value is -1.10. The normalized spacial score (nSPS) is 12.7. The quantitative estimate of drug-likeness (QED) is 0.934. The molecule has 1 unspecified atom stereocenters. The lowest BCUT2D eigenvalue weighted by atomic mass is 10.0. The number of rotatable bonds is 4. The molecule has 1 atom stereocenters. The molecule has 0 aliphatic carbocycles. The first-order valence-electron chi connectivity index (χ1n) is 5.96. The maximum absolute atomic E-state index is 13.2. The van der Waals surface area contributed by atoms with E-state index in [4.69, 9.17) is 28.9 Å². The molecule has 0 saturated heterocycles. The van der Waals surface area contributed by atoms with Crippen LogP contribution in [0.2, 0.25) is 10.0 Å². The molecule has 2 rings (SSSR count). The smallest absolute Gasteiger partial charge is 0.141 e. The van der Waals surface area contributed by atoms with E-state index in [2.05, 4.69) is 5.10 Å². The zero-order chi connectivity index (χ0) is 14.0. The molecule has 0 bridgehead atoms. The molecule has 0 spiro atoms. The van der Waals surface area contributed by atoms with E-state index in [0.29, 0.717) is 16.3 Å². The Balaban J connectivity index is 2.40. The van der Waals surface area contributed by atoms with E-state index in [1.165, 1.54) is 12.1 Å². The maximum atomic E-state index is 13.2. The third kappa shape index (κ3) is 2.91. The maximum Gasteiger partial charge on any atom is 0.141 e. The Morgan fingerprint density at radius 2 is 2.11 bits per heavy atom. The monoisotopic (exact) mass is 301 g/mol. The van der Waals surface area contributed by atoms with E-state index in [1.807, 2.05) is 6.92 Å². The van der Waals surface area contributed by atoms with Gasteiger partial charge in [0.15, 0.2) is 0 Å². The highest BCUT2D eigenvalue weighted by atomic mass is 35.5. The second kappa shape index (κ2) is 5.90.